The summed E-state index contributed by atoms with van der Waals surface area (Å²) in [6.45, 7) is 1.10. The normalized spacial score (nSPS) is 16.9. The van der Waals surface area contributed by atoms with Gasteiger partial charge in [-0.15, -0.1) is 0 Å². The molecule has 20 heavy (non-hydrogen) atoms. The first-order chi connectivity index (χ1) is 9.38. The molecule has 0 aliphatic carbocycles. The van der Waals surface area contributed by atoms with Gasteiger partial charge in [0.2, 0.25) is 0 Å². The first-order valence-corrected chi connectivity index (χ1v) is 6.08. The summed E-state index contributed by atoms with van der Waals surface area (Å²) in [5.41, 5.74) is -1.94. The molecule has 1 heterocycles. The maximum atomic E-state index is 12.8. The van der Waals surface area contributed by atoms with E-state index in [2.05, 4.69) is 5.32 Å². The number of alkyl halides is 3. The molecule has 1 aliphatic heterocycles. The molecule has 1 N–H and O–H groups in total. The number of hydrogen-bond acceptors (Lipinski definition) is 4. The molecule has 0 radical (unpaired) electrons. The Bertz CT molecular complexity index is 499. The molecule has 1 saturated heterocycles. The van der Waals surface area contributed by atoms with Crippen LogP contribution in [0, 0.1) is 10.1 Å². The van der Waals surface area contributed by atoms with E-state index in [-0.39, 0.29) is 11.7 Å². The lowest BCUT2D eigenvalue weighted by atomic mass is 10.1. The highest BCUT2D eigenvalue weighted by Crippen LogP contribution is 2.37. The third-order valence-corrected chi connectivity index (χ3v) is 3.09. The van der Waals surface area contributed by atoms with Crippen LogP contribution in [-0.4, -0.2) is 24.2 Å². The number of anilines is 1. The summed E-state index contributed by atoms with van der Waals surface area (Å²) in [4.78, 5) is 9.61. The van der Waals surface area contributed by atoms with Crippen LogP contribution in [0.15, 0.2) is 18.2 Å². The molecular weight excluding hydrogens is 277 g/mol. The number of rotatable bonds is 3. The van der Waals surface area contributed by atoms with E-state index in [1.54, 1.807) is 0 Å². The van der Waals surface area contributed by atoms with Crippen molar-refractivity contribution < 1.29 is 22.8 Å². The lowest BCUT2D eigenvalue weighted by molar-refractivity contribution is -0.388. The molecule has 8 heteroatoms. The molecule has 0 amide bonds. The van der Waals surface area contributed by atoms with Crippen molar-refractivity contribution in [3.05, 3.63) is 33.9 Å². The van der Waals surface area contributed by atoms with Crippen molar-refractivity contribution in [1.82, 2.24) is 0 Å². The zero-order valence-corrected chi connectivity index (χ0v) is 10.4. The molecule has 5 nitrogen and oxygen atoms in total. The van der Waals surface area contributed by atoms with Crippen LogP contribution in [0.2, 0.25) is 0 Å². The van der Waals surface area contributed by atoms with Gasteiger partial charge in [-0.3, -0.25) is 10.1 Å². The van der Waals surface area contributed by atoms with Gasteiger partial charge in [-0.05, 0) is 25.0 Å². The van der Waals surface area contributed by atoms with Crippen LogP contribution in [0.1, 0.15) is 18.4 Å². The van der Waals surface area contributed by atoms with Crippen LogP contribution in [0.25, 0.3) is 0 Å². The number of hydrogen-bond donors (Lipinski definition) is 1. The van der Waals surface area contributed by atoms with Gasteiger partial charge < -0.3 is 10.1 Å². The Morgan fingerprint density at radius 3 is 2.50 bits per heavy atom. The number of nitro benzene ring substituents is 1. The van der Waals surface area contributed by atoms with Gasteiger partial charge in [0.05, 0.1) is 4.92 Å². The molecule has 1 aromatic carbocycles. The lowest BCUT2D eigenvalue weighted by Gasteiger charge is -2.24. The van der Waals surface area contributed by atoms with Crippen molar-refractivity contribution >= 4 is 11.4 Å². The Labute approximate surface area is 112 Å². The Balaban J connectivity index is 2.25. The van der Waals surface area contributed by atoms with Crippen LogP contribution in [0.3, 0.4) is 0 Å². The summed E-state index contributed by atoms with van der Waals surface area (Å²) in [7, 11) is 0. The molecule has 0 unspecified atom stereocenters. The average Bonchev–Trinajstić information content (AvgIpc) is 2.38. The number of halogens is 3. The highest BCUT2D eigenvalue weighted by molar-refractivity contribution is 5.55. The van der Waals surface area contributed by atoms with Gasteiger partial charge >= 0.3 is 6.18 Å². The molecule has 0 aromatic heterocycles. The summed E-state index contributed by atoms with van der Waals surface area (Å²) in [6.07, 6.45) is -3.37. The average molecular weight is 290 g/mol. The quantitative estimate of drug-likeness (QED) is 0.686. The van der Waals surface area contributed by atoms with Gasteiger partial charge in [-0.25, -0.2) is 0 Å². The molecule has 110 valence electrons. The fraction of sp³-hybridized carbons (Fsp3) is 0.500. The van der Waals surface area contributed by atoms with Gasteiger partial charge in [-0.2, -0.15) is 13.2 Å². The van der Waals surface area contributed by atoms with E-state index in [0.29, 0.717) is 26.1 Å². The molecule has 2 rings (SSSR count). The predicted octanol–water partition coefficient (Wildman–Crippen LogP) is 3.20. The van der Waals surface area contributed by atoms with Crippen molar-refractivity contribution in [1.29, 1.82) is 0 Å². The van der Waals surface area contributed by atoms with Crippen molar-refractivity contribution in [3.8, 4) is 0 Å². The fourth-order valence-electron chi connectivity index (χ4n) is 2.09. The van der Waals surface area contributed by atoms with Crippen LogP contribution in [0.5, 0.6) is 0 Å². The monoisotopic (exact) mass is 290 g/mol. The number of nitrogens with zero attached hydrogens (tertiary/aromatic N) is 1. The first kappa shape index (κ1) is 14.6. The fourth-order valence-corrected chi connectivity index (χ4v) is 2.09. The van der Waals surface area contributed by atoms with Gasteiger partial charge in [0.1, 0.15) is 5.56 Å². The third kappa shape index (κ3) is 3.38. The first-order valence-electron chi connectivity index (χ1n) is 6.08. The topological polar surface area (TPSA) is 64.4 Å². The number of nitro groups is 1. The van der Waals surface area contributed by atoms with Gasteiger partial charge in [-0.1, -0.05) is 0 Å². The standard InChI is InChI=1S/C12H13F3N2O3/c13-12(14,15)10-7-9(1-2-11(10)17(18)19)16-8-3-5-20-6-4-8/h1-2,7-8,16H,3-6H2. The zero-order valence-electron chi connectivity index (χ0n) is 10.4. The molecule has 1 aliphatic rings. The Kier molecular flexibility index (Phi) is 4.12. The summed E-state index contributed by atoms with van der Waals surface area (Å²) in [6, 6.07) is 2.98. The molecular formula is C12H13F3N2O3. The Hall–Kier alpha value is -1.83. The van der Waals surface area contributed by atoms with Crippen molar-refractivity contribution in [2.24, 2.45) is 0 Å². The minimum absolute atomic E-state index is 0.0197. The van der Waals surface area contributed by atoms with Crippen molar-refractivity contribution in [2.45, 2.75) is 25.1 Å². The van der Waals surface area contributed by atoms with Crippen LogP contribution in [-0.2, 0) is 10.9 Å². The van der Waals surface area contributed by atoms with Crippen molar-refractivity contribution in [2.75, 3.05) is 18.5 Å². The summed E-state index contributed by atoms with van der Waals surface area (Å²) < 4.78 is 43.6. The predicted molar refractivity (Wildman–Crippen MR) is 65.6 cm³/mol. The van der Waals surface area contributed by atoms with Crippen LogP contribution < -0.4 is 5.32 Å². The smallest absolute Gasteiger partial charge is 0.382 e. The van der Waals surface area contributed by atoms with E-state index in [4.69, 9.17) is 4.74 Å². The number of ether oxygens (including phenoxy) is 1. The van der Waals surface area contributed by atoms with E-state index in [1.807, 2.05) is 0 Å². The van der Waals surface area contributed by atoms with E-state index >= 15 is 0 Å². The molecule has 0 atom stereocenters. The Morgan fingerprint density at radius 1 is 1.30 bits per heavy atom. The van der Waals surface area contributed by atoms with E-state index in [9.17, 15) is 23.3 Å². The minimum atomic E-state index is -4.75. The highest BCUT2D eigenvalue weighted by atomic mass is 19.4. The number of nitrogens with one attached hydrogen (secondary N) is 1. The molecule has 0 saturated carbocycles. The maximum absolute atomic E-state index is 12.8. The second kappa shape index (κ2) is 5.66. The largest absolute Gasteiger partial charge is 0.423 e. The van der Waals surface area contributed by atoms with Crippen molar-refractivity contribution in [3.63, 3.8) is 0 Å². The van der Waals surface area contributed by atoms with E-state index in [1.165, 1.54) is 6.07 Å². The second-order valence-electron chi connectivity index (χ2n) is 4.52. The van der Waals surface area contributed by atoms with Gasteiger partial charge in [0.15, 0.2) is 0 Å². The molecule has 0 bridgehead atoms. The summed E-state index contributed by atoms with van der Waals surface area (Å²) in [5, 5.41) is 13.6. The number of benzene rings is 1. The molecule has 1 fully saturated rings. The van der Waals surface area contributed by atoms with E-state index < -0.39 is 22.4 Å². The maximum Gasteiger partial charge on any atom is 0.423 e. The SMILES string of the molecule is O=[N+]([O-])c1ccc(NC2CCOCC2)cc1C(F)(F)F. The Morgan fingerprint density at radius 2 is 1.95 bits per heavy atom. The van der Waals surface area contributed by atoms with Crippen LogP contribution in [0.4, 0.5) is 24.5 Å². The lowest BCUT2D eigenvalue weighted by Crippen LogP contribution is -2.28. The highest BCUT2D eigenvalue weighted by Gasteiger charge is 2.38. The summed E-state index contributed by atoms with van der Waals surface area (Å²) in [5.74, 6) is 0. The minimum Gasteiger partial charge on any atom is -0.382 e. The molecule has 1 aromatic rings. The molecule has 0 spiro atoms. The second-order valence-corrected chi connectivity index (χ2v) is 4.52. The zero-order chi connectivity index (χ0) is 14.8. The van der Waals surface area contributed by atoms with Crippen LogP contribution >= 0.6 is 0 Å². The van der Waals surface area contributed by atoms with Gasteiger partial charge in [0.25, 0.3) is 5.69 Å². The summed E-state index contributed by atoms with van der Waals surface area (Å²) >= 11 is 0. The third-order valence-electron chi connectivity index (χ3n) is 3.09. The van der Waals surface area contributed by atoms with Gasteiger partial charge in [0, 0.05) is 31.0 Å². The van der Waals surface area contributed by atoms with E-state index in [0.717, 1.165) is 12.1 Å².